The summed E-state index contributed by atoms with van der Waals surface area (Å²) in [6.07, 6.45) is 2.83. The van der Waals surface area contributed by atoms with Crippen LogP contribution < -0.4 is 4.90 Å². The van der Waals surface area contributed by atoms with E-state index in [1.54, 1.807) is 21.3 Å². The lowest BCUT2D eigenvalue weighted by molar-refractivity contribution is -0.130. The van der Waals surface area contributed by atoms with Gasteiger partial charge in [0.1, 0.15) is 0 Å². The number of amides is 1. The van der Waals surface area contributed by atoms with Crippen LogP contribution in [-0.2, 0) is 27.8 Å². The van der Waals surface area contributed by atoms with Crippen LogP contribution in [0.25, 0.3) is 0 Å². The molecule has 0 bridgehead atoms. The lowest BCUT2D eigenvalue weighted by Crippen LogP contribution is -2.27. The first kappa shape index (κ1) is 22.3. The van der Waals surface area contributed by atoms with Gasteiger partial charge in [-0.3, -0.25) is 4.79 Å². The predicted octanol–water partition coefficient (Wildman–Crippen LogP) is 3.13. The van der Waals surface area contributed by atoms with Gasteiger partial charge in [-0.2, -0.15) is 4.31 Å². The minimum Gasteiger partial charge on any atom is -0.378 e. The third kappa shape index (κ3) is 5.40. The van der Waals surface area contributed by atoms with Gasteiger partial charge in [0, 0.05) is 52.9 Å². The zero-order valence-electron chi connectivity index (χ0n) is 18.0. The van der Waals surface area contributed by atoms with Crippen molar-refractivity contribution in [1.82, 2.24) is 9.21 Å². The molecule has 162 valence electrons. The van der Waals surface area contributed by atoms with E-state index in [0.717, 1.165) is 29.7 Å². The largest absolute Gasteiger partial charge is 0.378 e. The smallest absolute Gasteiger partial charge is 0.243 e. The number of hydrogen-bond acceptors (Lipinski definition) is 4. The molecule has 0 saturated carbocycles. The summed E-state index contributed by atoms with van der Waals surface area (Å²) in [6, 6.07) is 15.1. The van der Waals surface area contributed by atoms with Crippen molar-refractivity contribution in [3.05, 3.63) is 59.7 Å². The number of nitrogens with zero attached hydrogens (tertiary/aromatic N) is 3. The maximum atomic E-state index is 12.6. The summed E-state index contributed by atoms with van der Waals surface area (Å²) in [5.41, 5.74) is 3.18. The average Bonchev–Trinajstić information content (AvgIpc) is 3.28. The molecule has 0 aliphatic carbocycles. The maximum absolute atomic E-state index is 12.6. The summed E-state index contributed by atoms with van der Waals surface area (Å²) in [6.45, 7) is 1.77. The number of aryl methyl sites for hydroxylation is 1. The van der Waals surface area contributed by atoms with Crippen LogP contribution in [0.4, 0.5) is 5.69 Å². The van der Waals surface area contributed by atoms with Crippen LogP contribution in [0.2, 0.25) is 0 Å². The average molecular weight is 430 g/mol. The quantitative estimate of drug-likeness (QED) is 0.647. The third-order valence-electron chi connectivity index (χ3n) is 5.55. The van der Waals surface area contributed by atoms with E-state index in [0.29, 0.717) is 37.4 Å². The molecule has 1 aliphatic heterocycles. The molecular weight excluding hydrogens is 398 g/mol. The highest BCUT2D eigenvalue weighted by Gasteiger charge is 2.26. The molecule has 30 heavy (non-hydrogen) atoms. The van der Waals surface area contributed by atoms with Gasteiger partial charge < -0.3 is 9.80 Å². The Morgan fingerprint density at radius 2 is 1.47 bits per heavy atom. The van der Waals surface area contributed by atoms with Gasteiger partial charge in [-0.25, -0.2) is 8.42 Å². The minimum atomic E-state index is -3.39. The van der Waals surface area contributed by atoms with E-state index in [4.69, 9.17) is 0 Å². The Morgan fingerprint density at radius 1 is 0.900 bits per heavy atom. The highest BCUT2D eigenvalue weighted by molar-refractivity contribution is 7.89. The molecule has 1 fully saturated rings. The molecule has 3 rings (SSSR count). The molecule has 1 aliphatic rings. The molecule has 2 aromatic carbocycles. The second-order valence-corrected chi connectivity index (χ2v) is 10.0. The molecule has 7 heteroatoms. The van der Waals surface area contributed by atoms with Crippen molar-refractivity contribution in [2.45, 2.75) is 37.1 Å². The summed E-state index contributed by atoms with van der Waals surface area (Å²) < 4.78 is 26.7. The van der Waals surface area contributed by atoms with Gasteiger partial charge in [-0.05, 0) is 54.7 Å². The number of rotatable bonds is 8. The van der Waals surface area contributed by atoms with Gasteiger partial charge in [0.15, 0.2) is 0 Å². The Balaban J connectivity index is 1.52. The molecule has 0 N–H and O–H groups in total. The first-order valence-corrected chi connectivity index (χ1v) is 11.8. The van der Waals surface area contributed by atoms with Crippen LogP contribution in [0.3, 0.4) is 0 Å². The van der Waals surface area contributed by atoms with Gasteiger partial charge in [-0.15, -0.1) is 0 Å². The fourth-order valence-corrected chi connectivity index (χ4v) is 5.13. The first-order chi connectivity index (χ1) is 14.3. The Labute approximate surface area is 180 Å². The highest BCUT2D eigenvalue weighted by Crippen LogP contribution is 2.21. The molecule has 0 radical (unpaired) electrons. The van der Waals surface area contributed by atoms with Crippen LogP contribution in [0.1, 0.15) is 30.4 Å². The van der Waals surface area contributed by atoms with Crippen LogP contribution in [0.15, 0.2) is 53.4 Å². The second-order valence-electron chi connectivity index (χ2n) is 8.07. The van der Waals surface area contributed by atoms with E-state index in [2.05, 4.69) is 0 Å². The Bertz CT molecular complexity index is 948. The van der Waals surface area contributed by atoms with Crippen LogP contribution >= 0.6 is 0 Å². The lowest BCUT2D eigenvalue weighted by atomic mass is 10.1. The monoisotopic (exact) mass is 429 g/mol. The van der Waals surface area contributed by atoms with E-state index in [1.165, 1.54) is 0 Å². The topological polar surface area (TPSA) is 60.9 Å². The van der Waals surface area contributed by atoms with Gasteiger partial charge in [0.05, 0.1) is 4.90 Å². The zero-order valence-corrected chi connectivity index (χ0v) is 18.9. The Morgan fingerprint density at radius 3 is 2.03 bits per heavy atom. The molecule has 2 aromatic rings. The van der Waals surface area contributed by atoms with E-state index in [-0.39, 0.29) is 5.91 Å². The number of anilines is 1. The normalized spacial score (nSPS) is 14.6. The fourth-order valence-electron chi connectivity index (χ4n) is 3.61. The molecule has 1 amide bonds. The number of carbonyl (C=O) groups is 1. The van der Waals surface area contributed by atoms with E-state index < -0.39 is 10.0 Å². The molecule has 0 atom stereocenters. The summed E-state index contributed by atoms with van der Waals surface area (Å²) in [7, 11) is 2.42. The number of benzene rings is 2. The standard InChI is InChI=1S/C23H31N3O3S/c1-24(2)21-11-6-20(7-12-21)18-25(3)23(27)15-10-19-8-13-22(14-9-19)30(28,29)26-16-4-5-17-26/h6-9,11-14H,4-5,10,15-18H2,1-3H3. The van der Waals surface area contributed by atoms with Gasteiger partial charge >= 0.3 is 0 Å². The van der Waals surface area contributed by atoms with Gasteiger partial charge in [0.25, 0.3) is 0 Å². The Kier molecular flexibility index (Phi) is 7.15. The fraction of sp³-hybridized carbons (Fsp3) is 0.435. The van der Waals surface area contributed by atoms with Crippen molar-refractivity contribution >= 4 is 21.6 Å². The highest BCUT2D eigenvalue weighted by atomic mass is 32.2. The first-order valence-electron chi connectivity index (χ1n) is 10.4. The van der Waals surface area contributed by atoms with Crippen molar-refractivity contribution in [2.75, 3.05) is 39.1 Å². The Hall–Kier alpha value is -2.38. The number of sulfonamides is 1. The van der Waals surface area contributed by atoms with Crippen LogP contribution in [0, 0.1) is 0 Å². The van der Waals surface area contributed by atoms with E-state index in [1.807, 2.05) is 62.4 Å². The summed E-state index contributed by atoms with van der Waals surface area (Å²) in [5, 5.41) is 0. The predicted molar refractivity (Wildman–Crippen MR) is 120 cm³/mol. The zero-order chi connectivity index (χ0) is 21.7. The number of carbonyl (C=O) groups excluding carboxylic acids is 1. The van der Waals surface area contributed by atoms with Crippen molar-refractivity contribution < 1.29 is 13.2 Å². The van der Waals surface area contributed by atoms with Crippen molar-refractivity contribution in [2.24, 2.45) is 0 Å². The van der Waals surface area contributed by atoms with Crippen molar-refractivity contribution in [3.63, 3.8) is 0 Å². The minimum absolute atomic E-state index is 0.0699. The molecule has 0 aromatic heterocycles. The summed E-state index contributed by atoms with van der Waals surface area (Å²) in [4.78, 5) is 16.6. The summed E-state index contributed by atoms with van der Waals surface area (Å²) in [5.74, 6) is 0.0699. The lowest BCUT2D eigenvalue weighted by Gasteiger charge is -2.19. The molecule has 1 heterocycles. The van der Waals surface area contributed by atoms with Crippen LogP contribution in [-0.4, -0.2) is 57.8 Å². The van der Waals surface area contributed by atoms with E-state index in [9.17, 15) is 13.2 Å². The third-order valence-corrected chi connectivity index (χ3v) is 7.46. The van der Waals surface area contributed by atoms with Gasteiger partial charge in [-0.1, -0.05) is 24.3 Å². The maximum Gasteiger partial charge on any atom is 0.243 e. The van der Waals surface area contributed by atoms with Crippen molar-refractivity contribution in [1.29, 1.82) is 0 Å². The molecule has 1 saturated heterocycles. The van der Waals surface area contributed by atoms with Gasteiger partial charge in [0.2, 0.25) is 15.9 Å². The summed E-state index contributed by atoms with van der Waals surface area (Å²) >= 11 is 0. The molecule has 6 nitrogen and oxygen atoms in total. The van der Waals surface area contributed by atoms with Crippen LogP contribution in [0.5, 0.6) is 0 Å². The molecular formula is C23H31N3O3S. The molecule has 0 unspecified atom stereocenters. The van der Waals surface area contributed by atoms with Crippen molar-refractivity contribution in [3.8, 4) is 0 Å². The SMILES string of the molecule is CN(Cc1ccc(N(C)C)cc1)C(=O)CCc1ccc(S(=O)(=O)N2CCCC2)cc1. The molecule has 0 spiro atoms. The van der Waals surface area contributed by atoms with E-state index >= 15 is 0 Å². The second kappa shape index (κ2) is 9.62. The number of hydrogen-bond donors (Lipinski definition) is 0.